The van der Waals surface area contributed by atoms with Crippen LogP contribution in [0.5, 0.6) is 5.88 Å². The van der Waals surface area contributed by atoms with Crippen molar-refractivity contribution in [2.45, 2.75) is 19.4 Å². The first-order valence-corrected chi connectivity index (χ1v) is 7.73. The predicted molar refractivity (Wildman–Crippen MR) is 83.5 cm³/mol. The SMILES string of the molecule is CCOc1cc(C(=O)N(C)C[C@@H]2OCCc3ccccc32)on1. The number of nitrogens with zero attached hydrogens (tertiary/aromatic N) is 2. The van der Waals surface area contributed by atoms with Gasteiger partial charge < -0.3 is 18.9 Å². The molecule has 0 unspecified atom stereocenters. The highest BCUT2D eigenvalue weighted by atomic mass is 16.5. The zero-order chi connectivity index (χ0) is 16.2. The number of likely N-dealkylation sites (N-methyl/N-ethyl adjacent to an activating group) is 1. The third kappa shape index (κ3) is 3.37. The molecule has 6 heteroatoms. The molecule has 1 aliphatic rings. The molecule has 2 aromatic rings. The Labute approximate surface area is 135 Å². The van der Waals surface area contributed by atoms with E-state index in [1.165, 1.54) is 11.6 Å². The molecule has 122 valence electrons. The first kappa shape index (κ1) is 15.6. The minimum Gasteiger partial charge on any atom is -0.476 e. The smallest absolute Gasteiger partial charge is 0.292 e. The third-order valence-corrected chi connectivity index (χ3v) is 3.87. The molecule has 0 saturated heterocycles. The summed E-state index contributed by atoms with van der Waals surface area (Å²) >= 11 is 0. The summed E-state index contributed by atoms with van der Waals surface area (Å²) in [6, 6.07) is 9.70. The molecule has 2 heterocycles. The number of rotatable bonds is 5. The second-order valence-corrected chi connectivity index (χ2v) is 5.46. The van der Waals surface area contributed by atoms with Crippen molar-refractivity contribution >= 4 is 5.91 Å². The van der Waals surface area contributed by atoms with Crippen LogP contribution in [0.25, 0.3) is 0 Å². The predicted octanol–water partition coefficient (Wildman–Crippen LogP) is 2.46. The summed E-state index contributed by atoms with van der Waals surface area (Å²) in [5.74, 6) is 0.249. The van der Waals surface area contributed by atoms with Gasteiger partial charge in [-0.15, -0.1) is 0 Å². The van der Waals surface area contributed by atoms with Gasteiger partial charge in [-0.2, -0.15) is 0 Å². The normalized spacial score (nSPS) is 16.7. The molecule has 1 aromatic carbocycles. The van der Waals surface area contributed by atoms with Gasteiger partial charge in [-0.05, 0) is 29.6 Å². The molecule has 1 aromatic heterocycles. The van der Waals surface area contributed by atoms with Gasteiger partial charge in [0, 0.05) is 7.05 Å². The van der Waals surface area contributed by atoms with Crippen molar-refractivity contribution in [2.75, 3.05) is 26.8 Å². The van der Waals surface area contributed by atoms with E-state index < -0.39 is 0 Å². The zero-order valence-electron chi connectivity index (χ0n) is 13.3. The average molecular weight is 316 g/mol. The van der Waals surface area contributed by atoms with E-state index in [4.69, 9.17) is 14.0 Å². The van der Waals surface area contributed by atoms with Crippen LogP contribution >= 0.6 is 0 Å². The molecular formula is C17H20N2O4. The Morgan fingerprint density at radius 3 is 3.09 bits per heavy atom. The molecule has 0 saturated carbocycles. The maximum Gasteiger partial charge on any atom is 0.292 e. The molecule has 1 atom stereocenters. The first-order valence-electron chi connectivity index (χ1n) is 7.73. The van der Waals surface area contributed by atoms with Gasteiger partial charge in [-0.3, -0.25) is 4.79 Å². The minimum atomic E-state index is -0.241. The van der Waals surface area contributed by atoms with Crippen molar-refractivity contribution in [3.05, 3.63) is 47.2 Å². The molecule has 1 amide bonds. The van der Waals surface area contributed by atoms with Crippen LogP contribution in [0, 0.1) is 0 Å². The zero-order valence-corrected chi connectivity index (χ0v) is 13.3. The molecule has 0 aliphatic carbocycles. The largest absolute Gasteiger partial charge is 0.476 e. The summed E-state index contributed by atoms with van der Waals surface area (Å²) in [4.78, 5) is 14.0. The van der Waals surface area contributed by atoms with Gasteiger partial charge in [0.1, 0.15) is 6.10 Å². The Morgan fingerprint density at radius 1 is 1.43 bits per heavy atom. The molecule has 3 rings (SSSR count). The highest BCUT2D eigenvalue weighted by Gasteiger charge is 2.25. The second-order valence-electron chi connectivity index (χ2n) is 5.46. The monoisotopic (exact) mass is 316 g/mol. The number of amides is 1. The lowest BCUT2D eigenvalue weighted by atomic mass is 9.97. The lowest BCUT2D eigenvalue weighted by Crippen LogP contribution is -2.33. The van der Waals surface area contributed by atoms with E-state index in [-0.39, 0.29) is 17.8 Å². The topological polar surface area (TPSA) is 64.8 Å². The number of ether oxygens (including phenoxy) is 2. The standard InChI is InChI=1S/C17H20N2O4/c1-3-21-16-10-14(23-18-16)17(20)19(2)11-15-13-7-5-4-6-12(13)8-9-22-15/h4-7,10,15H,3,8-9,11H2,1-2H3/t15-/m0/s1. The van der Waals surface area contributed by atoms with Crippen molar-refractivity contribution in [1.82, 2.24) is 10.1 Å². The molecule has 1 aliphatic heterocycles. The lowest BCUT2D eigenvalue weighted by molar-refractivity contribution is 0.0189. The number of hydrogen-bond acceptors (Lipinski definition) is 5. The maximum atomic E-state index is 12.4. The van der Waals surface area contributed by atoms with Crippen molar-refractivity contribution in [3.63, 3.8) is 0 Å². The number of benzene rings is 1. The van der Waals surface area contributed by atoms with Crippen molar-refractivity contribution in [2.24, 2.45) is 0 Å². The number of carbonyl (C=O) groups excluding carboxylic acids is 1. The Morgan fingerprint density at radius 2 is 2.26 bits per heavy atom. The summed E-state index contributed by atoms with van der Waals surface area (Å²) in [5.41, 5.74) is 2.42. The summed E-state index contributed by atoms with van der Waals surface area (Å²) in [7, 11) is 1.73. The summed E-state index contributed by atoms with van der Waals surface area (Å²) in [6.07, 6.45) is 0.785. The highest BCUT2D eigenvalue weighted by molar-refractivity contribution is 5.91. The van der Waals surface area contributed by atoms with Crippen molar-refractivity contribution < 1.29 is 18.8 Å². The second kappa shape index (κ2) is 6.83. The fourth-order valence-electron chi connectivity index (χ4n) is 2.72. The Hall–Kier alpha value is -2.34. The molecule has 0 N–H and O–H groups in total. The fraction of sp³-hybridized carbons (Fsp3) is 0.412. The van der Waals surface area contributed by atoms with Gasteiger partial charge >= 0.3 is 0 Å². The van der Waals surface area contributed by atoms with Crippen LogP contribution in [0.2, 0.25) is 0 Å². The van der Waals surface area contributed by atoms with E-state index in [9.17, 15) is 4.79 Å². The van der Waals surface area contributed by atoms with Gasteiger partial charge in [-0.25, -0.2) is 0 Å². The van der Waals surface area contributed by atoms with Crippen LogP contribution in [-0.4, -0.2) is 42.8 Å². The Kier molecular flexibility index (Phi) is 4.62. The van der Waals surface area contributed by atoms with Crippen LogP contribution in [0.4, 0.5) is 0 Å². The average Bonchev–Trinajstić information content (AvgIpc) is 3.03. The van der Waals surface area contributed by atoms with E-state index in [1.54, 1.807) is 11.9 Å². The molecule has 0 bridgehead atoms. The molecule has 6 nitrogen and oxygen atoms in total. The molecule has 0 radical (unpaired) electrons. The molecule has 0 fully saturated rings. The summed E-state index contributed by atoms with van der Waals surface area (Å²) < 4.78 is 16.1. The number of hydrogen-bond donors (Lipinski definition) is 0. The molecule has 23 heavy (non-hydrogen) atoms. The van der Waals surface area contributed by atoms with Crippen LogP contribution in [0.1, 0.15) is 34.7 Å². The first-order chi connectivity index (χ1) is 11.2. The highest BCUT2D eigenvalue weighted by Crippen LogP contribution is 2.27. The molecule has 0 spiro atoms. The van der Waals surface area contributed by atoms with Crippen molar-refractivity contribution in [3.8, 4) is 5.88 Å². The van der Waals surface area contributed by atoms with E-state index in [2.05, 4.69) is 17.3 Å². The Balaban J connectivity index is 1.69. The van der Waals surface area contributed by atoms with E-state index in [0.717, 1.165) is 12.0 Å². The van der Waals surface area contributed by atoms with Gasteiger partial charge in [-0.1, -0.05) is 24.3 Å². The number of aromatic nitrogens is 1. The summed E-state index contributed by atoms with van der Waals surface area (Å²) in [6.45, 7) is 3.45. The van der Waals surface area contributed by atoms with E-state index >= 15 is 0 Å². The van der Waals surface area contributed by atoms with E-state index in [1.807, 2.05) is 19.1 Å². The van der Waals surface area contributed by atoms with Crippen LogP contribution in [-0.2, 0) is 11.2 Å². The lowest BCUT2D eigenvalue weighted by Gasteiger charge is -2.29. The van der Waals surface area contributed by atoms with Gasteiger partial charge in [0.25, 0.3) is 11.8 Å². The summed E-state index contributed by atoms with van der Waals surface area (Å²) in [5, 5.41) is 3.72. The third-order valence-electron chi connectivity index (χ3n) is 3.87. The van der Waals surface area contributed by atoms with Gasteiger partial charge in [0.05, 0.1) is 25.8 Å². The molecular weight excluding hydrogens is 296 g/mol. The Bertz CT molecular complexity index is 683. The maximum absolute atomic E-state index is 12.4. The number of carbonyl (C=O) groups is 1. The quantitative estimate of drug-likeness (QED) is 0.848. The van der Waals surface area contributed by atoms with Crippen LogP contribution in [0.15, 0.2) is 34.9 Å². The van der Waals surface area contributed by atoms with Crippen molar-refractivity contribution in [1.29, 1.82) is 0 Å². The number of fused-ring (bicyclic) bond motifs is 1. The van der Waals surface area contributed by atoms with E-state index in [0.29, 0.717) is 25.6 Å². The van der Waals surface area contributed by atoms with Gasteiger partial charge in [0.15, 0.2) is 0 Å². The minimum absolute atomic E-state index is 0.122. The van der Waals surface area contributed by atoms with Gasteiger partial charge in [0.2, 0.25) is 5.76 Å². The fourth-order valence-corrected chi connectivity index (χ4v) is 2.72. The van der Waals surface area contributed by atoms with Crippen LogP contribution in [0.3, 0.4) is 0 Å². The van der Waals surface area contributed by atoms with Crippen LogP contribution < -0.4 is 4.74 Å².